The topological polar surface area (TPSA) is 73.9 Å². The van der Waals surface area contributed by atoms with Gasteiger partial charge in [0.05, 0.1) is 19.1 Å². The number of carbonyl (C=O) groups is 1. The van der Waals surface area contributed by atoms with E-state index in [1.165, 1.54) is 11.1 Å². The molecule has 0 saturated heterocycles. The molecule has 2 N–H and O–H groups in total. The number of aromatic nitrogens is 3. The Kier molecular flexibility index (Phi) is 5.50. The highest BCUT2D eigenvalue weighted by atomic mass is 16.2. The molecule has 23 heavy (non-hydrogen) atoms. The summed E-state index contributed by atoms with van der Waals surface area (Å²) in [5, 5.41) is 9.92. The zero-order valence-corrected chi connectivity index (χ0v) is 14.5. The highest BCUT2D eigenvalue weighted by molar-refractivity contribution is 5.78. The summed E-state index contributed by atoms with van der Waals surface area (Å²) in [4.78, 5) is 18.3. The van der Waals surface area contributed by atoms with Gasteiger partial charge in [-0.25, -0.2) is 4.98 Å². The number of nitrogens with zero attached hydrogens (tertiary/aromatic N) is 3. The summed E-state index contributed by atoms with van der Waals surface area (Å²) in [7, 11) is 1.88. The van der Waals surface area contributed by atoms with Crippen molar-refractivity contribution in [2.45, 2.75) is 40.3 Å². The van der Waals surface area contributed by atoms with Gasteiger partial charge in [-0.3, -0.25) is 14.8 Å². The van der Waals surface area contributed by atoms with Gasteiger partial charge in [-0.1, -0.05) is 18.2 Å². The van der Waals surface area contributed by atoms with Crippen molar-refractivity contribution in [1.29, 1.82) is 0 Å². The SMILES string of the molecule is Cc1nc(CN(C)CC(=O)N[C@H](C)c2ccc(C)c(C)c2)n[nH]1. The Balaban J connectivity index is 1.86. The minimum absolute atomic E-state index is 0.00881. The van der Waals surface area contributed by atoms with Crippen LogP contribution in [0.25, 0.3) is 0 Å². The normalized spacial score (nSPS) is 12.4. The van der Waals surface area contributed by atoms with Crippen molar-refractivity contribution in [3.8, 4) is 0 Å². The minimum atomic E-state index is -0.0130. The van der Waals surface area contributed by atoms with Crippen molar-refractivity contribution in [1.82, 2.24) is 25.4 Å². The Bertz CT molecular complexity index is 679. The summed E-state index contributed by atoms with van der Waals surface area (Å²) in [5.41, 5.74) is 3.61. The first-order valence-electron chi connectivity index (χ1n) is 7.78. The van der Waals surface area contributed by atoms with Crippen LogP contribution in [-0.2, 0) is 11.3 Å². The number of benzene rings is 1. The maximum atomic E-state index is 12.2. The molecule has 0 unspecified atom stereocenters. The third-order valence-electron chi connectivity index (χ3n) is 3.88. The van der Waals surface area contributed by atoms with E-state index in [1.807, 2.05) is 25.8 Å². The molecule has 1 atom stereocenters. The molecule has 1 aromatic carbocycles. The molecule has 0 aliphatic carbocycles. The molecule has 0 aliphatic rings. The van der Waals surface area contributed by atoms with Gasteiger partial charge < -0.3 is 5.32 Å². The Labute approximate surface area is 137 Å². The molecule has 0 fully saturated rings. The van der Waals surface area contributed by atoms with Crippen LogP contribution < -0.4 is 5.32 Å². The lowest BCUT2D eigenvalue weighted by molar-refractivity contribution is -0.122. The van der Waals surface area contributed by atoms with E-state index in [4.69, 9.17) is 0 Å². The van der Waals surface area contributed by atoms with Crippen molar-refractivity contribution in [3.63, 3.8) is 0 Å². The Morgan fingerprint density at radius 1 is 1.30 bits per heavy atom. The van der Waals surface area contributed by atoms with Crippen LogP contribution in [0.4, 0.5) is 0 Å². The number of nitrogens with one attached hydrogen (secondary N) is 2. The van der Waals surface area contributed by atoms with Crippen LogP contribution in [0, 0.1) is 20.8 Å². The molecule has 6 heteroatoms. The summed E-state index contributed by atoms with van der Waals surface area (Å²) in [6.45, 7) is 8.87. The molecule has 1 aromatic heterocycles. The van der Waals surface area contributed by atoms with Crippen LogP contribution in [-0.4, -0.2) is 39.6 Å². The average molecular weight is 315 g/mol. The average Bonchev–Trinajstić information content (AvgIpc) is 2.86. The third kappa shape index (κ3) is 4.89. The summed E-state index contributed by atoms with van der Waals surface area (Å²) in [5.74, 6) is 1.46. The molecule has 1 amide bonds. The largest absolute Gasteiger partial charge is 0.348 e. The second kappa shape index (κ2) is 7.37. The van der Waals surface area contributed by atoms with Crippen LogP contribution in [0.15, 0.2) is 18.2 Å². The first-order valence-corrected chi connectivity index (χ1v) is 7.78. The van der Waals surface area contributed by atoms with Gasteiger partial charge in [0.25, 0.3) is 0 Å². The van der Waals surface area contributed by atoms with E-state index >= 15 is 0 Å². The second-order valence-corrected chi connectivity index (χ2v) is 6.14. The molecule has 2 aromatic rings. The predicted molar refractivity (Wildman–Crippen MR) is 89.9 cm³/mol. The van der Waals surface area contributed by atoms with Gasteiger partial charge in [0, 0.05) is 0 Å². The summed E-state index contributed by atoms with van der Waals surface area (Å²) >= 11 is 0. The van der Waals surface area contributed by atoms with Gasteiger partial charge >= 0.3 is 0 Å². The molecule has 0 radical (unpaired) electrons. The zero-order valence-electron chi connectivity index (χ0n) is 14.5. The molecule has 0 saturated carbocycles. The molecule has 0 aliphatic heterocycles. The summed E-state index contributed by atoms with van der Waals surface area (Å²) in [6.07, 6.45) is 0. The number of carbonyl (C=O) groups excluding carboxylic acids is 1. The number of likely N-dealkylation sites (N-methyl/N-ethyl adjacent to an activating group) is 1. The highest BCUT2D eigenvalue weighted by Crippen LogP contribution is 2.16. The van der Waals surface area contributed by atoms with Crippen LogP contribution >= 0.6 is 0 Å². The predicted octanol–water partition coefficient (Wildman–Crippen LogP) is 2.04. The number of H-pyrrole nitrogens is 1. The number of hydrogen-bond donors (Lipinski definition) is 2. The van der Waals surface area contributed by atoms with Crippen molar-refractivity contribution in [2.75, 3.05) is 13.6 Å². The fourth-order valence-corrected chi connectivity index (χ4v) is 2.41. The first kappa shape index (κ1) is 17.1. The van der Waals surface area contributed by atoms with Crippen LogP contribution in [0.3, 0.4) is 0 Å². The third-order valence-corrected chi connectivity index (χ3v) is 3.88. The monoisotopic (exact) mass is 315 g/mol. The fourth-order valence-electron chi connectivity index (χ4n) is 2.41. The maximum Gasteiger partial charge on any atom is 0.234 e. The van der Waals surface area contributed by atoms with Gasteiger partial charge in [-0.05, 0) is 51.4 Å². The Morgan fingerprint density at radius 3 is 2.65 bits per heavy atom. The van der Waals surface area contributed by atoms with E-state index < -0.39 is 0 Å². The lowest BCUT2D eigenvalue weighted by Crippen LogP contribution is -2.36. The number of aromatic amines is 1. The van der Waals surface area contributed by atoms with Crippen LogP contribution in [0.5, 0.6) is 0 Å². The second-order valence-electron chi connectivity index (χ2n) is 6.14. The summed E-state index contributed by atoms with van der Waals surface area (Å²) < 4.78 is 0. The van der Waals surface area contributed by atoms with E-state index in [-0.39, 0.29) is 11.9 Å². The fraction of sp³-hybridized carbons (Fsp3) is 0.471. The minimum Gasteiger partial charge on any atom is -0.348 e. The standard InChI is InChI=1S/C17H25N5O/c1-11-6-7-15(8-12(11)2)13(3)18-17(23)10-22(5)9-16-19-14(4)20-21-16/h6-8,13H,9-10H2,1-5H3,(H,18,23)(H,19,20,21)/t13-/m1/s1. The van der Waals surface area contributed by atoms with Gasteiger partial charge in [0.2, 0.25) is 5.91 Å². The molecule has 1 heterocycles. The Morgan fingerprint density at radius 2 is 2.04 bits per heavy atom. The molecule has 124 valence electrons. The molecule has 0 bridgehead atoms. The lowest BCUT2D eigenvalue weighted by atomic mass is 10.0. The molecule has 0 spiro atoms. The lowest BCUT2D eigenvalue weighted by Gasteiger charge is -2.19. The van der Waals surface area contributed by atoms with Crippen molar-refractivity contribution in [3.05, 3.63) is 46.5 Å². The van der Waals surface area contributed by atoms with Gasteiger partial charge in [0.15, 0.2) is 5.82 Å². The Hall–Kier alpha value is -2.21. The zero-order chi connectivity index (χ0) is 17.0. The van der Waals surface area contributed by atoms with E-state index in [0.717, 1.165) is 11.4 Å². The molecular formula is C17H25N5O. The van der Waals surface area contributed by atoms with Crippen LogP contribution in [0.2, 0.25) is 0 Å². The van der Waals surface area contributed by atoms with E-state index in [9.17, 15) is 4.79 Å². The van der Waals surface area contributed by atoms with E-state index in [2.05, 4.69) is 52.5 Å². The number of rotatable bonds is 6. The maximum absolute atomic E-state index is 12.2. The highest BCUT2D eigenvalue weighted by Gasteiger charge is 2.13. The van der Waals surface area contributed by atoms with E-state index in [1.54, 1.807) is 0 Å². The molecule has 6 nitrogen and oxygen atoms in total. The number of amides is 1. The smallest absolute Gasteiger partial charge is 0.234 e. The van der Waals surface area contributed by atoms with Crippen molar-refractivity contribution >= 4 is 5.91 Å². The van der Waals surface area contributed by atoms with Gasteiger partial charge in [0.1, 0.15) is 5.82 Å². The van der Waals surface area contributed by atoms with Crippen molar-refractivity contribution < 1.29 is 4.79 Å². The first-order chi connectivity index (χ1) is 10.8. The molecule has 2 rings (SSSR count). The summed E-state index contributed by atoms with van der Waals surface area (Å²) in [6, 6.07) is 6.26. The quantitative estimate of drug-likeness (QED) is 0.855. The number of aryl methyl sites for hydroxylation is 3. The van der Waals surface area contributed by atoms with Gasteiger partial charge in [-0.2, -0.15) is 5.10 Å². The van der Waals surface area contributed by atoms with Crippen LogP contribution in [0.1, 0.15) is 41.3 Å². The van der Waals surface area contributed by atoms with Crippen molar-refractivity contribution in [2.24, 2.45) is 0 Å². The number of hydrogen-bond acceptors (Lipinski definition) is 4. The van der Waals surface area contributed by atoms with Gasteiger partial charge in [-0.15, -0.1) is 0 Å². The van der Waals surface area contributed by atoms with E-state index in [0.29, 0.717) is 18.9 Å². The molecular weight excluding hydrogens is 290 g/mol.